The summed E-state index contributed by atoms with van der Waals surface area (Å²) >= 11 is 0. The van der Waals surface area contributed by atoms with Crippen molar-refractivity contribution in [1.82, 2.24) is 9.55 Å². The highest BCUT2D eigenvalue weighted by Crippen LogP contribution is 2.45. The second-order valence-corrected chi connectivity index (χ2v) is 6.32. The van der Waals surface area contributed by atoms with Crippen LogP contribution in [0, 0.1) is 0 Å². The van der Waals surface area contributed by atoms with Crippen molar-refractivity contribution in [2.24, 2.45) is 0 Å². The van der Waals surface area contributed by atoms with Crippen molar-refractivity contribution < 1.29 is 24.4 Å². The molecule has 2 fully saturated rings. The van der Waals surface area contributed by atoms with Gasteiger partial charge in [0.1, 0.15) is 17.8 Å². The molecule has 0 unspecified atom stereocenters. The third kappa shape index (κ3) is 1.97. The van der Waals surface area contributed by atoms with Crippen LogP contribution in [0.3, 0.4) is 0 Å². The fourth-order valence-electron chi connectivity index (χ4n) is 3.46. The molecule has 0 radical (unpaired) electrons. The van der Waals surface area contributed by atoms with E-state index >= 15 is 0 Å². The Morgan fingerprint density at radius 3 is 3.00 bits per heavy atom. The van der Waals surface area contributed by atoms with Gasteiger partial charge in [-0.2, -0.15) is 4.98 Å². The van der Waals surface area contributed by atoms with E-state index in [0.29, 0.717) is 23.0 Å². The van der Waals surface area contributed by atoms with Crippen LogP contribution >= 0.6 is 0 Å². The predicted molar refractivity (Wildman–Crippen MR) is 84.0 cm³/mol. The molecule has 1 aromatic heterocycles. The van der Waals surface area contributed by atoms with Crippen molar-refractivity contribution in [1.29, 1.82) is 0 Å². The first kappa shape index (κ1) is 14.8. The topological polar surface area (TPSA) is 115 Å². The molecule has 0 saturated carbocycles. The Labute approximate surface area is 141 Å². The number of para-hydroxylation sites is 2. The number of hydrogen-bond acceptors (Lipinski definition) is 8. The summed E-state index contributed by atoms with van der Waals surface area (Å²) < 4.78 is 18.3. The molecule has 0 aliphatic carbocycles. The minimum atomic E-state index is -1.21. The number of benzene rings is 1. The summed E-state index contributed by atoms with van der Waals surface area (Å²) in [5.41, 5.74) is -1.07. The fraction of sp³-hybridized carbons (Fsp3) is 0.375. The van der Waals surface area contributed by atoms with E-state index in [-0.39, 0.29) is 6.61 Å². The molecule has 9 nitrogen and oxygen atoms in total. The normalized spacial score (nSPS) is 31.8. The van der Waals surface area contributed by atoms with Crippen LogP contribution in [0.25, 0.3) is 0 Å². The van der Waals surface area contributed by atoms with Crippen LogP contribution in [0.15, 0.2) is 35.3 Å². The molecule has 3 N–H and O–H groups in total. The van der Waals surface area contributed by atoms with E-state index in [0.717, 1.165) is 0 Å². The van der Waals surface area contributed by atoms with Gasteiger partial charge >= 0.3 is 5.69 Å². The molecule has 9 heteroatoms. The van der Waals surface area contributed by atoms with Crippen LogP contribution in [-0.4, -0.2) is 50.8 Å². The van der Waals surface area contributed by atoms with E-state index in [2.05, 4.69) is 10.3 Å². The van der Waals surface area contributed by atoms with Crippen molar-refractivity contribution >= 4 is 11.5 Å². The first-order chi connectivity index (χ1) is 12.1. The molecule has 3 aliphatic rings. The Balaban J connectivity index is 1.54. The van der Waals surface area contributed by atoms with Gasteiger partial charge in [0.2, 0.25) is 0 Å². The van der Waals surface area contributed by atoms with Gasteiger partial charge in [0, 0.05) is 0 Å². The molecule has 2 aromatic rings. The maximum absolute atomic E-state index is 12.4. The molecule has 1 aromatic carbocycles. The monoisotopic (exact) mass is 345 g/mol. The fourth-order valence-corrected chi connectivity index (χ4v) is 3.46. The molecule has 3 aliphatic heterocycles. The summed E-state index contributed by atoms with van der Waals surface area (Å²) in [7, 11) is 0. The first-order valence-corrected chi connectivity index (χ1v) is 7.87. The smallest absolute Gasteiger partial charge is 0.351 e. The van der Waals surface area contributed by atoms with Gasteiger partial charge in [0.15, 0.2) is 23.5 Å². The van der Waals surface area contributed by atoms with Gasteiger partial charge in [0.05, 0.1) is 25.1 Å². The lowest BCUT2D eigenvalue weighted by Crippen LogP contribution is -2.44. The predicted octanol–water partition coefficient (Wildman–Crippen LogP) is 0.112. The van der Waals surface area contributed by atoms with E-state index in [4.69, 9.17) is 14.2 Å². The summed E-state index contributed by atoms with van der Waals surface area (Å²) in [4.78, 5) is 16.4. The van der Waals surface area contributed by atoms with Crippen LogP contribution in [0.2, 0.25) is 0 Å². The van der Waals surface area contributed by atoms with Crippen LogP contribution in [0.1, 0.15) is 6.23 Å². The van der Waals surface area contributed by atoms with Gasteiger partial charge in [-0.1, -0.05) is 12.1 Å². The van der Waals surface area contributed by atoms with Crippen molar-refractivity contribution in [3.05, 3.63) is 40.9 Å². The highest BCUT2D eigenvalue weighted by molar-refractivity contribution is 5.72. The number of aromatic nitrogens is 2. The summed E-state index contributed by atoms with van der Waals surface area (Å²) in [5, 5.41) is 22.9. The molecule has 4 heterocycles. The van der Waals surface area contributed by atoms with E-state index in [1.807, 2.05) is 18.2 Å². The Morgan fingerprint density at radius 2 is 2.20 bits per heavy atom. The van der Waals surface area contributed by atoms with Crippen molar-refractivity contribution in [3.63, 3.8) is 0 Å². The number of fused-ring (bicyclic) bond motifs is 4. The van der Waals surface area contributed by atoms with E-state index in [1.165, 1.54) is 10.8 Å². The highest BCUT2D eigenvalue weighted by Gasteiger charge is 2.61. The largest absolute Gasteiger partial charge is 0.450 e. The number of nitrogens with one attached hydrogen (secondary N) is 1. The number of aliphatic hydroxyl groups excluding tert-OH is 2. The van der Waals surface area contributed by atoms with Crippen molar-refractivity contribution in [3.8, 4) is 11.5 Å². The maximum atomic E-state index is 12.4. The van der Waals surface area contributed by atoms with Crippen LogP contribution in [0.4, 0.5) is 11.5 Å². The molecule has 2 bridgehead atoms. The standard InChI is InChI=1S/C16H15N3O6/c20-6-16-7-23-11(12(16)21)14(25-16)19-5-10-13(18-15(19)22)17-8-3-1-2-4-9(8)24-10/h1-5,11-12,14,20-21H,6-7H2,(H,17,18,22)/t11-,12+,14-,16+/m1/s1. The minimum absolute atomic E-state index is 0.0738. The second-order valence-electron chi connectivity index (χ2n) is 6.32. The van der Waals surface area contributed by atoms with Gasteiger partial charge in [-0.15, -0.1) is 0 Å². The maximum Gasteiger partial charge on any atom is 0.351 e. The molecular formula is C16H15N3O6. The van der Waals surface area contributed by atoms with Gasteiger partial charge in [0.25, 0.3) is 0 Å². The Hall–Kier alpha value is -2.46. The number of anilines is 2. The molecule has 0 spiro atoms. The van der Waals surface area contributed by atoms with Crippen LogP contribution in [-0.2, 0) is 9.47 Å². The number of ether oxygens (including phenoxy) is 3. The van der Waals surface area contributed by atoms with Crippen LogP contribution in [0.5, 0.6) is 11.5 Å². The van der Waals surface area contributed by atoms with Crippen molar-refractivity contribution in [2.45, 2.75) is 24.0 Å². The Kier molecular flexibility index (Phi) is 2.98. The zero-order valence-electron chi connectivity index (χ0n) is 13.0. The number of aliphatic hydroxyl groups is 2. The molecule has 4 atom stereocenters. The van der Waals surface area contributed by atoms with E-state index in [1.54, 1.807) is 6.07 Å². The van der Waals surface area contributed by atoms with Gasteiger partial charge < -0.3 is 29.7 Å². The lowest BCUT2D eigenvalue weighted by Gasteiger charge is -2.30. The second kappa shape index (κ2) is 5.02. The Morgan fingerprint density at radius 1 is 1.36 bits per heavy atom. The first-order valence-electron chi connectivity index (χ1n) is 7.87. The zero-order valence-corrected chi connectivity index (χ0v) is 13.0. The summed E-state index contributed by atoms with van der Waals surface area (Å²) in [6.45, 7) is -0.329. The van der Waals surface area contributed by atoms with Crippen molar-refractivity contribution in [2.75, 3.05) is 18.5 Å². The highest BCUT2D eigenvalue weighted by atomic mass is 16.7. The lowest BCUT2D eigenvalue weighted by atomic mass is 10.0. The average molecular weight is 345 g/mol. The third-order valence-corrected chi connectivity index (χ3v) is 4.83. The Bertz CT molecular complexity index is 915. The van der Waals surface area contributed by atoms with E-state index < -0.39 is 36.3 Å². The third-order valence-electron chi connectivity index (χ3n) is 4.83. The lowest BCUT2D eigenvalue weighted by molar-refractivity contribution is -0.187. The van der Waals surface area contributed by atoms with E-state index in [9.17, 15) is 15.0 Å². The summed E-state index contributed by atoms with van der Waals surface area (Å²) in [5.74, 6) is 1.28. The minimum Gasteiger partial charge on any atom is -0.450 e. The molecule has 5 rings (SSSR count). The summed E-state index contributed by atoms with van der Waals surface area (Å²) in [6.07, 6.45) is -1.19. The number of nitrogens with zero attached hydrogens (tertiary/aromatic N) is 2. The number of rotatable bonds is 2. The number of hydrogen-bond donors (Lipinski definition) is 3. The van der Waals surface area contributed by atoms with Crippen LogP contribution < -0.4 is 15.7 Å². The quantitative estimate of drug-likeness (QED) is 0.600. The average Bonchev–Trinajstić information content (AvgIpc) is 3.10. The van der Waals surface area contributed by atoms with Gasteiger partial charge in [-0.05, 0) is 12.1 Å². The molecule has 0 amide bonds. The molecular weight excluding hydrogens is 330 g/mol. The zero-order chi connectivity index (χ0) is 17.2. The SMILES string of the molecule is O=c1nc2c(cn1[C@@H]1O[C@@]3(CO)CO[C@@H]1[C@@H]3O)Oc1ccccc1N2. The van der Waals surface area contributed by atoms with Gasteiger partial charge in [-0.3, -0.25) is 4.57 Å². The molecule has 130 valence electrons. The molecule has 25 heavy (non-hydrogen) atoms. The molecule has 2 saturated heterocycles. The van der Waals surface area contributed by atoms with Gasteiger partial charge in [-0.25, -0.2) is 4.79 Å². The summed E-state index contributed by atoms with van der Waals surface area (Å²) in [6, 6.07) is 7.29.